The van der Waals surface area contributed by atoms with E-state index in [0.717, 1.165) is 24.7 Å². The van der Waals surface area contributed by atoms with Crippen LogP contribution in [0.3, 0.4) is 0 Å². The second-order valence-electron chi connectivity index (χ2n) is 8.99. The fourth-order valence-corrected chi connectivity index (χ4v) is 4.96. The van der Waals surface area contributed by atoms with Crippen LogP contribution >= 0.6 is 0 Å². The van der Waals surface area contributed by atoms with Gasteiger partial charge in [-0.2, -0.15) is 0 Å². The maximum Gasteiger partial charge on any atom is 0.242 e. The number of halogens is 1. The van der Waals surface area contributed by atoms with Gasteiger partial charge in [-0.3, -0.25) is 13.9 Å². The Morgan fingerprint density at radius 1 is 1.06 bits per heavy atom. The van der Waals surface area contributed by atoms with Crippen molar-refractivity contribution in [1.82, 2.24) is 10.2 Å². The van der Waals surface area contributed by atoms with Crippen LogP contribution < -0.4 is 9.62 Å². The van der Waals surface area contributed by atoms with E-state index >= 15 is 0 Å². The Kier molecular flexibility index (Phi) is 11.4. The van der Waals surface area contributed by atoms with Gasteiger partial charge in [-0.1, -0.05) is 44.5 Å². The summed E-state index contributed by atoms with van der Waals surface area (Å²) < 4.78 is 39.6. The van der Waals surface area contributed by atoms with Crippen molar-refractivity contribution >= 4 is 27.5 Å². The van der Waals surface area contributed by atoms with E-state index < -0.39 is 16.1 Å². The summed E-state index contributed by atoms with van der Waals surface area (Å²) in [5.74, 6) is -0.855. The molecule has 2 rings (SSSR count). The topological polar surface area (TPSA) is 86.8 Å². The summed E-state index contributed by atoms with van der Waals surface area (Å²) in [5, 5.41) is 2.91. The van der Waals surface area contributed by atoms with Crippen molar-refractivity contribution in [3.8, 4) is 0 Å². The predicted molar refractivity (Wildman–Crippen MR) is 142 cm³/mol. The molecule has 0 radical (unpaired) electrons. The minimum Gasteiger partial charge on any atom is -0.354 e. The zero-order chi connectivity index (χ0) is 26.7. The quantitative estimate of drug-likeness (QED) is 0.375. The standard InChI is InChI=1S/C27H38FN3O4S/c1-5-7-17-29-27(33)25(6-2)30(20-22-13-15-23(28)16-14-22)26(32)12-9-18-31(36(4,34)35)24-11-8-10-21(3)19-24/h8,10-11,13-16,19,25H,5-7,9,12,17-18,20H2,1-4H3,(H,29,33). The molecule has 198 valence electrons. The first-order valence-electron chi connectivity index (χ1n) is 12.4. The molecule has 1 N–H and O–H groups in total. The lowest BCUT2D eigenvalue weighted by molar-refractivity contribution is -0.141. The fraction of sp³-hybridized carbons (Fsp3) is 0.481. The van der Waals surface area contributed by atoms with Gasteiger partial charge in [0.25, 0.3) is 0 Å². The van der Waals surface area contributed by atoms with Crippen molar-refractivity contribution in [3.05, 3.63) is 65.5 Å². The van der Waals surface area contributed by atoms with Crippen LogP contribution in [0.2, 0.25) is 0 Å². The summed E-state index contributed by atoms with van der Waals surface area (Å²) in [6, 6.07) is 12.4. The molecule has 9 heteroatoms. The van der Waals surface area contributed by atoms with E-state index in [-0.39, 0.29) is 43.6 Å². The van der Waals surface area contributed by atoms with Crippen molar-refractivity contribution < 1.29 is 22.4 Å². The molecule has 2 aromatic carbocycles. The van der Waals surface area contributed by atoms with E-state index in [1.165, 1.54) is 21.3 Å². The highest BCUT2D eigenvalue weighted by Gasteiger charge is 2.28. The Balaban J connectivity index is 2.19. The van der Waals surface area contributed by atoms with Crippen LogP contribution in [0.5, 0.6) is 0 Å². The second kappa shape index (κ2) is 14.0. The molecule has 1 atom stereocenters. The Morgan fingerprint density at radius 3 is 2.33 bits per heavy atom. The Morgan fingerprint density at radius 2 is 1.75 bits per heavy atom. The number of hydrogen-bond acceptors (Lipinski definition) is 4. The third-order valence-corrected chi connectivity index (χ3v) is 7.12. The van der Waals surface area contributed by atoms with Crippen molar-refractivity contribution in [2.45, 2.75) is 65.5 Å². The average Bonchev–Trinajstić information content (AvgIpc) is 2.82. The molecule has 1 unspecified atom stereocenters. The lowest BCUT2D eigenvalue weighted by Gasteiger charge is -2.31. The van der Waals surface area contributed by atoms with Crippen molar-refractivity contribution in [2.24, 2.45) is 0 Å². The van der Waals surface area contributed by atoms with Crippen LogP contribution in [0.1, 0.15) is 57.1 Å². The number of anilines is 1. The first kappa shape index (κ1) is 29.3. The van der Waals surface area contributed by atoms with E-state index in [1.807, 2.05) is 26.8 Å². The highest BCUT2D eigenvalue weighted by atomic mass is 32.2. The molecule has 0 fully saturated rings. The van der Waals surface area contributed by atoms with Gasteiger partial charge in [0.15, 0.2) is 0 Å². The largest absolute Gasteiger partial charge is 0.354 e. The second-order valence-corrected chi connectivity index (χ2v) is 10.9. The monoisotopic (exact) mass is 519 g/mol. The number of nitrogens with one attached hydrogen (secondary N) is 1. The van der Waals surface area contributed by atoms with Crippen LogP contribution in [0, 0.1) is 12.7 Å². The minimum absolute atomic E-state index is 0.0672. The van der Waals surface area contributed by atoms with Crippen LogP contribution in [0.15, 0.2) is 48.5 Å². The minimum atomic E-state index is -3.54. The van der Waals surface area contributed by atoms with Gasteiger partial charge in [-0.25, -0.2) is 12.8 Å². The molecule has 0 aromatic heterocycles. The zero-order valence-corrected chi connectivity index (χ0v) is 22.5. The summed E-state index contributed by atoms with van der Waals surface area (Å²) in [7, 11) is -3.54. The number of benzene rings is 2. The van der Waals surface area contributed by atoms with E-state index in [1.54, 1.807) is 30.3 Å². The first-order valence-corrected chi connectivity index (χ1v) is 14.3. The van der Waals surface area contributed by atoms with Gasteiger partial charge in [0.1, 0.15) is 11.9 Å². The Labute approximate surface area is 214 Å². The number of hydrogen-bond donors (Lipinski definition) is 1. The number of rotatable bonds is 14. The molecular formula is C27H38FN3O4S. The number of amides is 2. The maximum atomic E-state index is 13.4. The van der Waals surface area contributed by atoms with E-state index in [4.69, 9.17) is 0 Å². The van der Waals surface area contributed by atoms with Crippen LogP contribution in [-0.2, 0) is 26.2 Å². The summed E-state index contributed by atoms with van der Waals surface area (Å²) in [6.45, 7) is 6.59. The first-order chi connectivity index (χ1) is 17.1. The summed E-state index contributed by atoms with van der Waals surface area (Å²) in [5.41, 5.74) is 2.19. The summed E-state index contributed by atoms with van der Waals surface area (Å²) in [6.07, 6.45) is 3.70. The van der Waals surface area contributed by atoms with Gasteiger partial charge in [0.2, 0.25) is 21.8 Å². The van der Waals surface area contributed by atoms with Gasteiger partial charge in [-0.05, 0) is 61.6 Å². The van der Waals surface area contributed by atoms with Crippen molar-refractivity contribution in [2.75, 3.05) is 23.7 Å². The third kappa shape index (κ3) is 8.93. The SMILES string of the molecule is CCCCNC(=O)C(CC)N(Cc1ccc(F)cc1)C(=O)CCCN(c1cccc(C)c1)S(C)(=O)=O. The Hall–Kier alpha value is -2.94. The number of carbonyl (C=O) groups excluding carboxylic acids is 2. The molecular weight excluding hydrogens is 481 g/mol. The van der Waals surface area contributed by atoms with Gasteiger partial charge in [0, 0.05) is 26.1 Å². The number of aryl methyl sites for hydroxylation is 1. The zero-order valence-electron chi connectivity index (χ0n) is 21.7. The molecule has 2 amide bonds. The molecule has 0 bridgehead atoms. The molecule has 7 nitrogen and oxygen atoms in total. The molecule has 2 aromatic rings. The molecule has 0 saturated heterocycles. The normalized spacial score (nSPS) is 12.1. The molecule has 0 saturated carbocycles. The number of nitrogens with zero attached hydrogens (tertiary/aromatic N) is 2. The molecule has 0 aliphatic heterocycles. The lowest BCUT2D eigenvalue weighted by atomic mass is 10.1. The van der Waals surface area contributed by atoms with E-state index in [0.29, 0.717) is 24.2 Å². The van der Waals surface area contributed by atoms with Crippen LogP contribution in [0.25, 0.3) is 0 Å². The van der Waals surface area contributed by atoms with Gasteiger partial charge in [0.05, 0.1) is 11.9 Å². The average molecular weight is 520 g/mol. The van der Waals surface area contributed by atoms with Gasteiger partial charge in [-0.15, -0.1) is 0 Å². The maximum absolute atomic E-state index is 13.4. The molecule has 0 heterocycles. The fourth-order valence-electron chi connectivity index (χ4n) is 4.00. The van der Waals surface area contributed by atoms with Gasteiger partial charge >= 0.3 is 0 Å². The highest BCUT2D eigenvalue weighted by Crippen LogP contribution is 2.21. The highest BCUT2D eigenvalue weighted by molar-refractivity contribution is 7.92. The van der Waals surface area contributed by atoms with E-state index in [2.05, 4.69) is 5.32 Å². The number of carbonyl (C=O) groups is 2. The van der Waals surface area contributed by atoms with Crippen LogP contribution in [-0.4, -0.2) is 50.5 Å². The number of unbranched alkanes of at least 4 members (excludes halogenated alkanes) is 1. The van der Waals surface area contributed by atoms with Gasteiger partial charge < -0.3 is 10.2 Å². The van der Waals surface area contributed by atoms with Crippen LogP contribution in [0.4, 0.5) is 10.1 Å². The smallest absolute Gasteiger partial charge is 0.242 e. The predicted octanol–water partition coefficient (Wildman–Crippen LogP) is 4.40. The number of sulfonamides is 1. The lowest BCUT2D eigenvalue weighted by Crippen LogP contribution is -2.49. The Bertz CT molecular complexity index is 1110. The van der Waals surface area contributed by atoms with Crippen molar-refractivity contribution in [3.63, 3.8) is 0 Å². The third-order valence-electron chi connectivity index (χ3n) is 5.92. The molecule has 36 heavy (non-hydrogen) atoms. The molecule has 0 aliphatic carbocycles. The van der Waals surface area contributed by atoms with E-state index in [9.17, 15) is 22.4 Å². The van der Waals surface area contributed by atoms with Crippen molar-refractivity contribution in [1.29, 1.82) is 0 Å². The summed E-state index contributed by atoms with van der Waals surface area (Å²) >= 11 is 0. The molecule has 0 aliphatic rings. The summed E-state index contributed by atoms with van der Waals surface area (Å²) in [4.78, 5) is 27.8. The molecule has 0 spiro atoms.